The molecule has 2 saturated carbocycles. The zero-order chi connectivity index (χ0) is 20.2. The van der Waals surface area contributed by atoms with E-state index in [1.54, 1.807) is 6.07 Å². The monoisotopic (exact) mass is 409 g/mol. The number of benzene rings is 1. The molecule has 1 aliphatic heterocycles. The summed E-state index contributed by atoms with van der Waals surface area (Å²) in [6.07, 6.45) is 4.31. The van der Waals surface area contributed by atoms with Crippen LogP contribution < -0.4 is 9.47 Å². The van der Waals surface area contributed by atoms with E-state index in [1.807, 2.05) is 29.6 Å². The van der Waals surface area contributed by atoms with Gasteiger partial charge in [-0.3, -0.25) is 0 Å². The van der Waals surface area contributed by atoms with Crippen molar-refractivity contribution in [3.8, 4) is 11.5 Å². The summed E-state index contributed by atoms with van der Waals surface area (Å²) in [7, 11) is 0. The first-order chi connectivity index (χ1) is 13.9. The predicted molar refractivity (Wildman–Crippen MR) is 112 cm³/mol. The number of ether oxygens (including phenoxy) is 2. The van der Waals surface area contributed by atoms with Gasteiger partial charge in [0.1, 0.15) is 4.88 Å². The third-order valence-corrected chi connectivity index (χ3v) is 7.91. The number of allylic oxidation sites excluding steroid dienone is 1. The molecule has 2 fully saturated rings. The molecule has 150 valence electrons. The lowest BCUT2D eigenvalue weighted by molar-refractivity contribution is 0.0515. The Balaban J connectivity index is 1.53. The minimum Gasteiger partial charge on any atom is -0.454 e. The van der Waals surface area contributed by atoms with Crippen LogP contribution in [0.1, 0.15) is 48.8 Å². The molecule has 1 aromatic heterocycles. The normalized spacial score (nSPS) is 29.0. The smallest absolute Gasteiger partial charge is 0.375 e. The molecule has 2 aliphatic carbocycles. The van der Waals surface area contributed by atoms with E-state index in [4.69, 9.17) is 14.3 Å². The Morgan fingerprint density at radius 1 is 1.24 bits per heavy atom. The summed E-state index contributed by atoms with van der Waals surface area (Å²) in [6, 6.07) is 9.54. The summed E-state index contributed by atoms with van der Waals surface area (Å²) in [4.78, 5) is 18.3. The fourth-order valence-corrected chi connectivity index (χ4v) is 5.58. The third kappa shape index (κ3) is 2.73. The quantitative estimate of drug-likeness (QED) is 0.494. The van der Waals surface area contributed by atoms with E-state index in [0.29, 0.717) is 10.8 Å². The molecule has 1 aromatic carbocycles. The van der Waals surface area contributed by atoms with Gasteiger partial charge in [0.05, 0.1) is 5.71 Å². The molecule has 2 heterocycles. The molecule has 5 rings (SSSR count). The fraction of sp³-hybridized carbons (Fsp3) is 0.391. The van der Waals surface area contributed by atoms with Crippen LogP contribution in [0, 0.1) is 16.7 Å². The van der Waals surface area contributed by atoms with Gasteiger partial charge in [-0.05, 0) is 65.0 Å². The fourth-order valence-electron chi connectivity index (χ4n) is 4.98. The van der Waals surface area contributed by atoms with Gasteiger partial charge in [0.2, 0.25) is 6.79 Å². The molecule has 0 amide bonds. The first kappa shape index (κ1) is 18.4. The van der Waals surface area contributed by atoms with E-state index < -0.39 is 5.97 Å². The summed E-state index contributed by atoms with van der Waals surface area (Å²) < 4.78 is 10.9. The van der Waals surface area contributed by atoms with E-state index in [2.05, 4.69) is 32.0 Å². The van der Waals surface area contributed by atoms with Crippen LogP contribution in [0.25, 0.3) is 6.08 Å². The summed E-state index contributed by atoms with van der Waals surface area (Å²) in [5.41, 5.74) is 3.00. The van der Waals surface area contributed by atoms with E-state index in [-0.39, 0.29) is 17.6 Å². The van der Waals surface area contributed by atoms with Crippen molar-refractivity contribution >= 4 is 29.1 Å². The number of fused-ring (bicyclic) bond motifs is 3. The van der Waals surface area contributed by atoms with Gasteiger partial charge in [-0.1, -0.05) is 38.1 Å². The minimum absolute atomic E-state index is 0.0450. The van der Waals surface area contributed by atoms with Crippen molar-refractivity contribution in [3.05, 3.63) is 51.7 Å². The molecule has 2 atom stereocenters. The zero-order valence-electron chi connectivity index (χ0n) is 16.7. The van der Waals surface area contributed by atoms with Crippen molar-refractivity contribution in [1.29, 1.82) is 0 Å². The van der Waals surface area contributed by atoms with Crippen molar-refractivity contribution in [2.45, 2.75) is 33.6 Å². The third-order valence-electron chi connectivity index (χ3n) is 7.06. The van der Waals surface area contributed by atoms with Gasteiger partial charge in [-0.25, -0.2) is 4.79 Å². The lowest BCUT2D eigenvalue weighted by Gasteiger charge is -2.33. The first-order valence-corrected chi connectivity index (χ1v) is 10.7. The van der Waals surface area contributed by atoms with Crippen molar-refractivity contribution in [2.75, 3.05) is 6.79 Å². The summed E-state index contributed by atoms with van der Waals surface area (Å²) in [5, 5.41) is 6.29. The largest absolute Gasteiger partial charge is 0.454 e. The molecule has 6 heteroatoms. The SMILES string of the molecule is CC1(C)[C@@H]2CC[C@@]1(C)C(=N/OC(=O)c1cccs1)/C2=C/c1ccc2c(c1)OCO2. The minimum atomic E-state index is -0.404. The Bertz CT molecular complexity index is 1040. The number of hydrogen-bond acceptors (Lipinski definition) is 6. The number of nitrogens with zero attached hydrogens (tertiary/aromatic N) is 1. The average molecular weight is 410 g/mol. The van der Waals surface area contributed by atoms with Crippen LogP contribution in [-0.2, 0) is 4.84 Å². The molecule has 0 unspecified atom stereocenters. The molecule has 2 aromatic rings. The molecular formula is C23H23NO4S. The Labute approximate surface area is 174 Å². The Morgan fingerprint density at radius 3 is 2.86 bits per heavy atom. The van der Waals surface area contributed by atoms with Crippen LogP contribution >= 0.6 is 11.3 Å². The second-order valence-corrected chi connectivity index (χ2v) is 9.60. The molecule has 5 nitrogen and oxygen atoms in total. The van der Waals surface area contributed by atoms with Gasteiger partial charge in [0, 0.05) is 5.41 Å². The number of oxime groups is 1. The van der Waals surface area contributed by atoms with Crippen LogP contribution in [-0.4, -0.2) is 18.5 Å². The lowest BCUT2D eigenvalue weighted by Crippen LogP contribution is -2.33. The topological polar surface area (TPSA) is 57.1 Å². The highest BCUT2D eigenvalue weighted by Gasteiger charge is 2.63. The van der Waals surface area contributed by atoms with Crippen LogP contribution in [0.4, 0.5) is 0 Å². The summed E-state index contributed by atoms with van der Waals surface area (Å²) in [5.74, 6) is 1.50. The zero-order valence-corrected chi connectivity index (χ0v) is 17.5. The van der Waals surface area contributed by atoms with Crippen molar-refractivity contribution in [1.82, 2.24) is 0 Å². The van der Waals surface area contributed by atoms with Gasteiger partial charge in [-0.15, -0.1) is 11.3 Å². The standard InChI is InChI=1S/C23H23NO4S/c1-22(2)16-8-9-23(22,3)20(24-28-21(25)19-5-4-10-29-19)15(16)11-14-6-7-17-18(12-14)27-13-26-17/h4-7,10-12,16H,8-9,13H2,1-3H3/b15-11+,24-20+/t16-,23+/m1/s1. The number of hydrogen-bond donors (Lipinski definition) is 0. The van der Waals surface area contributed by atoms with Crippen molar-refractivity contribution < 1.29 is 19.1 Å². The Hall–Kier alpha value is -2.60. The molecule has 0 spiro atoms. The highest BCUT2D eigenvalue weighted by Crippen LogP contribution is 2.66. The second-order valence-electron chi connectivity index (χ2n) is 8.65. The maximum atomic E-state index is 12.4. The van der Waals surface area contributed by atoms with E-state index in [9.17, 15) is 4.79 Å². The second kappa shape index (κ2) is 6.46. The average Bonchev–Trinajstić information content (AvgIpc) is 3.44. The van der Waals surface area contributed by atoms with Crippen LogP contribution in [0.5, 0.6) is 11.5 Å². The summed E-state index contributed by atoms with van der Waals surface area (Å²) >= 11 is 1.36. The molecule has 3 aliphatic rings. The van der Waals surface area contributed by atoms with Crippen LogP contribution in [0.3, 0.4) is 0 Å². The van der Waals surface area contributed by atoms with Gasteiger partial charge in [0.15, 0.2) is 11.5 Å². The molecule has 0 N–H and O–H groups in total. The molecule has 0 radical (unpaired) electrons. The van der Waals surface area contributed by atoms with Gasteiger partial charge in [0.25, 0.3) is 0 Å². The number of rotatable bonds is 3. The summed E-state index contributed by atoms with van der Waals surface area (Å²) in [6.45, 7) is 7.09. The van der Waals surface area contributed by atoms with Gasteiger partial charge < -0.3 is 14.3 Å². The van der Waals surface area contributed by atoms with Crippen LogP contribution in [0.2, 0.25) is 0 Å². The Kier molecular flexibility index (Phi) is 4.10. The van der Waals surface area contributed by atoms with Gasteiger partial charge in [-0.2, -0.15) is 0 Å². The maximum absolute atomic E-state index is 12.4. The van der Waals surface area contributed by atoms with Crippen molar-refractivity contribution in [2.24, 2.45) is 21.9 Å². The van der Waals surface area contributed by atoms with Crippen LogP contribution in [0.15, 0.2) is 46.4 Å². The maximum Gasteiger partial charge on any atom is 0.375 e. The number of thiophene rings is 1. The number of carbonyl (C=O) groups excluding carboxylic acids is 1. The van der Waals surface area contributed by atoms with E-state index >= 15 is 0 Å². The Morgan fingerprint density at radius 2 is 2.07 bits per heavy atom. The highest BCUT2D eigenvalue weighted by molar-refractivity contribution is 7.11. The number of carbonyl (C=O) groups is 1. The molecule has 29 heavy (non-hydrogen) atoms. The van der Waals surface area contributed by atoms with Crippen molar-refractivity contribution in [3.63, 3.8) is 0 Å². The van der Waals surface area contributed by atoms with E-state index in [0.717, 1.165) is 41.2 Å². The first-order valence-electron chi connectivity index (χ1n) is 9.85. The molecule has 0 saturated heterocycles. The lowest BCUT2D eigenvalue weighted by atomic mass is 9.70. The molecule has 2 bridgehead atoms. The van der Waals surface area contributed by atoms with Gasteiger partial charge >= 0.3 is 5.97 Å². The predicted octanol–water partition coefficient (Wildman–Crippen LogP) is 5.53. The molecular weight excluding hydrogens is 386 g/mol. The highest BCUT2D eigenvalue weighted by atomic mass is 32.1. The van der Waals surface area contributed by atoms with E-state index in [1.165, 1.54) is 11.3 Å².